The first-order valence-corrected chi connectivity index (χ1v) is 11.2. The summed E-state index contributed by atoms with van der Waals surface area (Å²) in [5.41, 5.74) is 1.19. The number of carbonyl (C=O) groups is 2. The topological polar surface area (TPSA) is 80.8 Å². The van der Waals surface area contributed by atoms with Crippen molar-refractivity contribution >= 4 is 21.8 Å². The zero-order valence-electron chi connectivity index (χ0n) is 16.6. The number of hydrogen-bond acceptors (Lipinski definition) is 5. The maximum Gasteiger partial charge on any atom is 0.339 e. The Morgan fingerprint density at radius 2 is 1.66 bits per heavy atom. The van der Waals surface area contributed by atoms with Gasteiger partial charge in [0.15, 0.2) is 6.10 Å². The molecule has 3 rings (SSSR count). The van der Waals surface area contributed by atoms with E-state index in [9.17, 15) is 18.0 Å². The average Bonchev–Trinajstić information content (AvgIpc) is 2.74. The van der Waals surface area contributed by atoms with Gasteiger partial charge in [-0.2, -0.15) is 4.31 Å². The van der Waals surface area contributed by atoms with Crippen molar-refractivity contribution in [3.05, 3.63) is 65.2 Å². The van der Waals surface area contributed by atoms with E-state index in [0.717, 1.165) is 19.3 Å². The Hall–Kier alpha value is -2.51. The zero-order chi connectivity index (χ0) is 21.0. The van der Waals surface area contributed by atoms with Crippen molar-refractivity contribution in [2.24, 2.45) is 0 Å². The normalized spacial score (nSPS) is 16.2. The lowest BCUT2D eigenvalue weighted by atomic mass is 10.1. The van der Waals surface area contributed by atoms with Crippen LogP contribution in [-0.2, 0) is 14.8 Å². The van der Waals surface area contributed by atoms with Crippen LogP contribution >= 0.6 is 0 Å². The Kier molecular flexibility index (Phi) is 6.49. The Bertz CT molecular complexity index is 995. The van der Waals surface area contributed by atoms with Gasteiger partial charge in [-0.05, 0) is 44.4 Å². The minimum Gasteiger partial charge on any atom is -0.451 e. The van der Waals surface area contributed by atoms with Crippen molar-refractivity contribution in [1.29, 1.82) is 0 Å². The van der Waals surface area contributed by atoms with Crippen LogP contribution in [0, 0.1) is 6.92 Å². The van der Waals surface area contributed by atoms with E-state index in [4.69, 9.17) is 4.74 Å². The lowest BCUT2D eigenvalue weighted by Gasteiger charge is -2.26. The van der Waals surface area contributed by atoms with Gasteiger partial charge in [-0.1, -0.05) is 42.8 Å². The maximum absolute atomic E-state index is 12.9. The molecule has 0 spiro atoms. The SMILES string of the molecule is Cc1ccc(S(=O)(=O)N2CCCCC2)cc1C(=O)OC(C)C(=O)c1ccccc1. The Balaban J connectivity index is 1.80. The number of aryl methyl sites for hydroxylation is 1. The molecule has 0 amide bonds. The van der Waals surface area contributed by atoms with Crippen molar-refractivity contribution in [3.8, 4) is 0 Å². The summed E-state index contributed by atoms with van der Waals surface area (Å²) in [7, 11) is -3.66. The Labute approximate surface area is 171 Å². The lowest BCUT2D eigenvalue weighted by Crippen LogP contribution is -2.35. The summed E-state index contributed by atoms with van der Waals surface area (Å²) < 4.78 is 32.6. The van der Waals surface area contributed by atoms with Crippen LogP contribution in [0.4, 0.5) is 0 Å². The van der Waals surface area contributed by atoms with Gasteiger partial charge >= 0.3 is 5.97 Å². The molecule has 0 aliphatic carbocycles. The monoisotopic (exact) mass is 415 g/mol. The van der Waals surface area contributed by atoms with Crippen LogP contribution in [0.25, 0.3) is 0 Å². The molecule has 1 aliphatic heterocycles. The molecule has 154 valence electrons. The number of ether oxygens (including phenoxy) is 1. The van der Waals surface area contributed by atoms with Gasteiger partial charge in [-0.25, -0.2) is 13.2 Å². The van der Waals surface area contributed by atoms with Gasteiger partial charge in [0.1, 0.15) is 0 Å². The molecule has 29 heavy (non-hydrogen) atoms. The Morgan fingerprint density at radius 3 is 2.31 bits per heavy atom. The van der Waals surface area contributed by atoms with Crippen molar-refractivity contribution in [2.75, 3.05) is 13.1 Å². The van der Waals surface area contributed by atoms with Gasteiger partial charge in [0.05, 0.1) is 10.5 Å². The van der Waals surface area contributed by atoms with Gasteiger partial charge in [0.25, 0.3) is 0 Å². The molecular formula is C22H25NO5S. The standard InChI is InChI=1S/C22H25NO5S/c1-16-11-12-19(29(26,27)23-13-7-4-8-14-23)15-20(16)22(25)28-17(2)21(24)18-9-5-3-6-10-18/h3,5-6,9-12,15,17H,4,7-8,13-14H2,1-2H3. The van der Waals surface area contributed by atoms with E-state index in [2.05, 4.69) is 0 Å². The highest BCUT2D eigenvalue weighted by Crippen LogP contribution is 2.23. The summed E-state index contributed by atoms with van der Waals surface area (Å²) in [6.45, 7) is 4.19. The minimum absolute atomic E-state index is 0.0685. The number of Topliss-reactive ketones (excluding diaryl/α,β-unsaturated/α-hetero) is 1. The highest BCUT2D eigenvalue weighted by Gasteiger charge is 2.28. The quantitative estimate of drug-likeness (QED) is 0.532. The van der Waals surface area contributed by atoms with Crippen molar-refractivity contribution in [1.82, 2.24) is 4.31 Å². The van der Waals surface area contributed by atoms with Crippen LogP contribution in [0.3, 0.4) is 0 Å². The van der Waals surface area contributed by atoms with Gasteiger partial charge < -0.3 is 4.74 Å². The largest absolute Gasteiger partial charge is 0.451 e. The number of sulfonamides is 1. The third-order valence-electron chi connectivity index (χ3n) is 5.09. The third-order valence-corrected chi connectivity index (χ3v) is 6.99. The first kappa shape index (κ1) is 21.2. The van der Waals surface area contributed by atoms with Gasteiger partial charge in [0.2, 0.25) is 15.8 Å². The van der Waals surface area contributed by atoms with Crippen LogP contribution in [0.15, 0.2) is 53.4 Å². The van der Waals surface area contributed by atoms with Crippen LogP contribution in [0.2, 0.25) is 0 Å². The van der Waals surface area contributed by atoms with Crippen molar-refractivity contribution in [2.45, 2.75) is 44.1 Å². The van der Waals surface area contributed by atoms with E-state index in [0.29, 0.717) is 24.2 Å². The summed E-state index contributed by atoms with van der Waals surface area (Å²) in [4.78, 5) is 25.2. The molecule has 1 heterocycles. The smallest absolute Gasteiger partial charge is 0.339 e. The van der Waals surface area contributed by atoms with Crippen molar-refractivity contribution in [3.63, 3.8) is 0 Å². The summed E-state index contributed by atoms with van der Waals surface area (Å²) in [5.74, 6) is -1.02. The van der Waals surface area contributed by atoms with Crippen molar-refractivity contribution < 1.29 is 22.7 Å². The van der Waals surface area contributed by atoms with Crippen LogP contribution < -0.4 is 0 Å². The molecule has 6 nitrogen and oxygen atoms in total. The molecule has 1 unspecified atom stereocenters. The molecule has 2 aromatic carbocycles. The molecule has 0 aromatic heterocycles. The van der Waals surface area contributed by atoms with E-state index in [-0.39, 0.29) is 16.2 Å². The molecule has 1 fully saturated rings. The highest BCUT2D eigenvalue weighted by molar-refractivity contribution is 7.89. The van der Waals surface area contributed by atoms with Gasteiger partial charge in [-0.3, -0.25) is 4.79 Å². The minimum atomic E-state index is -3.66. The van der Waals surface area contributed by atoms with Crippen LogP contribution in [0.5, 0.6) is 0 Å². The fourth-order valence-electron chi connectivity index (χ4n) is 3.35. The highest BCUT2D eigenvalue weighted by atomic mass is 32.2. The summed E-state index contributed by atoms with van der Waals surface area (Å²) in [6, 6.07) is 13.0. The van der Waals surface area contributed by atoms with Gasteiger partial charge in [-0.15, -0.1) is 0 Å². The molecule has 0 N–H and O–H groups in total. The summed E-state index contributed by atoms with van der Waals surface area (Å²) in [5, 5.41) is 0. The molecule has 0 saturated carbocycles. The fraction of sp³-hybridized carbons (Fsp3) is 0.364. The number of hydrogen-bond donors (Lipinski definition) is 0. The zero-order valence-corrected chi connectivity index (χ0v) is 17.4. The molecule has 0 bridgehead atoms. The number of carbonyl (C=O) groups excluding carboxylic acids is 2. The number of rotatable bonds is 6. The molecule has 1 saturated heterocycles. The molecule has 2 aromatic rings. The summed E-state index contributed by atoms with van der Waals surface area (Å²) in [6.07, 6.45) is 1.70. The van der Waals surface area contributed by atoms with Gasteiger partial charge in [0, 0.05) is 18.7 Å². The lowest BCUT2D eigenvalue weighted by molar-refractivity contribution is 0.0318. The molecule has 1 aliphatic rings. The van der Waals surface area contributed by atoms with Crippen LogP contribution in [0.1, 0.15) is 52.5 Å². The second-order valence-corrected chi connectivity index (χ2v) is 9.16. The number of nitrogens with zero attached hydrogens (tertiary/aromatic N) is 1. The predicted molar refractivity (Wildman–Crippen MR) is 109 cm³/mol. The summed E-state index contributed by atoms with van der Waals surface area (Å²) >= 11 is 0. The predicted octanol–water partition coefficient (Wildman–Crippen LogP) is 3.60. The Morgan fingerprint density at radius 1 is 1.00 bits per heavy atom. The second kappa shape index (κ2) is 8.88. The number of benzene rings is 2. The third kappa shape index (κ3) is 4.74. The first-order chi connectivity index (χ1) is 13.8. The van der Waals surface area contributed by atoms with E-state index in [1.165, 1.54) is 23.4 Å². The maximum atomic E-state index is 12.9. The molecule has 7 heteroatoms. The van der Waals surface area contributed by atoms with E-state index in [1.807, 2.05) is 0 Å². The first-order valence-electron chi connectivity index (χ1n) is 9.72. The average molecular weight is 416 g/mol. The number of esters is 1. The molecule has 0 radical (unpaired) electrons. The van der Waals surface area contributed by atoms with E-state index in [1.54, 1.807) is 43.3 Å². The van der Waals surface area contributed by atoms with E-state index >= 15 is 0 Å². The second-order valence-electron chi connectivity index (χ2n) is 7.22. The molecule has 1 atom stereocenters. The molecular weight excluding hydrogens is 390 g/mol. The van der Waals surface area contributed by atoms with Crippen LogP contribution in [-0.4, -0.2) is 43.7 Å². The number of ketones is 1. The number of piperidine rings is 1. The van der Waals surface area contributed by atoms with E-state index < -0.39 is 22.1 Å². The fourth-order valence-corrected chi connectivity index (χ4v) is 4.89.